The van der Waals surface area contributed by atoms with Crippen LogP contribution in [0.15, 0.2) is 65.7 Å². The minimum Gasteiger partial charge on any atom is -0.465 e. The van der Waals surface area contributed by atoms with Gasteiger partial charge in [-0.1, -0.05) is 86.3 Å². The van der Waals surface area contributed by atoms with Gasteiger partial charge in [0.2, 0.25) is 12.1 Å². The van der Waals surface area contributed by atoms with E-state index in [2.05, 4.69) is 48.6 Å². The highest BCUT2D eigenvalue weighted by Gasteiger charge is 2.27. The number of unbranched alkanes of at least 4 members (excludes halogenated alkanes) is 6. The minimum atomic E-state index is -1.35. The monoisotopic (exact) mass is 797 g/mol. The SMILES string of the molecule is CC(CCN(CCCCNC(=O)C(OCc1ccccc1)C(=O)NCCCCCCCCN=C(NC(=O)O)NC(=O)OC(C)(C)C)Cc1ccccc1)NC(=O)O. The number of hydrogen-bond acceptors (Lipinski definition) is 9. The number of alkyl carbamates (subject to hydrolysis) is 1. The Morgan fingerprint density at radius 2 is 1.28 bits per heavy atom. The molecule has 57 heavy (non-hydrogen) atoms. The van der Waals surface area contributed by atoms with Gasteiger partial charge >= 0.3 is 18.3 Å². The lowest BCUT2D eigenvalue weighted by Gasteiger charge is -2.24. The van der Waals surface area contributed by atoms with Crippen molar-refractivity contribution >= 4 is 36.1 Å². The molecule has 2 atom stereocenters. The van der Waals surface area contributed by atoms with Crippen molar-refractivity contribution in [3.63, 3.8) is 0 Å². The zero-order chi connectivity index (χ0) is 41.9. The van der Waals surface area contributed by atoms with Gasteiger partial charge in [-0.3, -0.25) is 30.1 Å². The molecule has 316 valence electrons. The number of carboxylic acid groups (broad SMARTS) is 2. The van der Waals surface area contributed by atoms with Crippen LogP contribution in [0.4, 0.5) is 14.4 Å². The van der Waals surface area contributed by atoms with Gasteiger partial charge < -0.3 is 35.6 Å². The molecule has 5 amide bonds. The molecule has 0 heterocycles. The number of ether oxygens (including phenoxy) is 2. The zero-order valence-corrected chi connectivity index (χ0v) is 33.9. The molecule has 0 saturated heterocycles. The fourth-order valence-electron chi connectivity index (χ4n) is 5.61. The average Bonchev–Trinajstić information content (AvgIpc) is 3.13. The van der Waals surface area contributed by atoms with Crippen LogP contribution in [0.2, 0.25) is 0 Å². The molecule has 0 saturated carbocycles. The van der Waals surface area contributed by atoms with E-state index in [4.69, 9.17) is 19.7 Å². The molecule has 2 unspecified atom stereocenters. The summed E-state index contributed by atoms with van der Waals surface area (Å²) < 4.78 is 11.0. The molecule has 0 aromatic heterocycles. The van der Waals surface area contributed by atoms with E-state index in [1.165, 1.54) is 0 Å². The Balaban J connectivity index is 1.77. The number of rotatable bonds is 25. The van der Waals surface area contributed by atoms with Crippen molar-refractivity contribution in [2.75, 3.05) is 32.7 Å². The molecule has 16 nitrogen and oxygen atoms in total. The molecule has 0 aliphatic heterocycles. The summed E-state index contributed by atoms with van der Waals surface area (Å²) in [5.74, 6) is -1.18. The van der Waals surface area contributed by atoms with Crippen molar-refractivity contribution < 1.29 is 43.7 Å². The van der Waals surface area contributed by atoms with Crippen LogP contribution >= 0.6 is 0 Å². The Morgan fingerprint density at radius 1 is 0.719 bits per heavy atom. The molecule has 0 bridgehead atoms. The maximum absolute atomic E-state index is 13.2. The largest absolute Gasteiger partial charge is 0.465 e. The van der Waals surface area contributed by atoms with Gasteiger partial charge in [-0.2, -0.15) is 0 Å². The van der Waals surface area contributed by atoms with E-state index in [0.717, 1.165) is 56.3 Å². The van der Waals surface area contributed by atoms with Crippen LogP contribution in [0.5, 0.6) is 0 Å². The molecular weight excluding hydrogens is 734 g/mol. The third-order valence-electron chi connectivity index (χ3n) is 8.43. The molecule has 0 aliphatic rings. The molecule has 16 heteroatoms. The number of amides is 5. The number of hydrogen-bond donors (Lipinski definition) is 7. The molecular formula is C41H63N7O9. The second-order valence-corrected chi connectivity index (χ2v) is 14.8. The Bertz CT molecular complexity index is 1520. The summed E-state index contributed by atoms with van der Waals surface area (Å²) in [6.45, 7) is 10.3. The van der Waals surface area contributed by atoms with Crippen LogP contribution in [-0.2, 0) is 32.2 Å². The second-order valence-electron chi connectivity index (χ2n) is 14.8. The number of benzene rings is 2. The van der Waals surface area contributed by atoms with Gasteiger partial charge in [-0.15, -0.1) is 0 Å². The third-order valence-corrected chi connectivity index (χ3v) is 8.43. The summed E-state index contributed by atoms with van der Waals surface area (Å²) in [5, 5.41) is 30.7. The van der Waals surface area contributed by atoms with Crippen LogP contribution in [0.1, 0.15) is 96.6 Å². The molecule has 0 radical (unpaired) electrons. The summed E-state index contributed by atoms with van der Waals surface area (Å²) in [6, 6.07) is 19.2. The number of nitrogens with zero attached hydrogens (tertiary/aromatic N) is 2. The van der Waals surface area contributed by atoms with Gasteiger partial charge in [-0.25, -0.2) is 14.4 Å². The predicted octanol–water partition coefficient (Wildman–Crippen LogP) is 5.62. The van der Waals surface area contributed by atoms with Crippen molar-refractivity contribution in [1.29, 1.82) is 0 Å². The van der Waals surface area contributed by atoms with Crippen molar-refractivity contribution in [1.82, 2.24) is 31.5 Å². The molecule has 2 aromatic carbocycles. The van der Waals surface area contributed by atoms with Crippen LogP contribution in [0.3, 0.4) is 0 Å². The summed E-state index contributed by atoms with van der Waals surface area (Å²) in [5.41, 5.74) is 1.26. The number of aliphatic imine (C=N–C) groups is 1. The zero-order valence-electron chi connectivity index (χ0n) is 33.9. The van der Waals surface area contributed by atoms with Gasteiger partial charge in [0.25, 0.3) is 11.8 Å². The van der Waals surface area contributed by atoms with Gasteiger partial charge in [0.1, 0.15) is 5.60 Å². The highest BCUT2D eigenvalue weighted by Crippen LogP contribution is 2.10. The minimum absolute atomic E-state index is 0.102. The lowest BCUT2D eigenvalue weighted by Crippen LogP contribution is -2.47. The average molecular weight is 798 g/mol. The quantitative estimate of drug-likeness (QED) is 0.0285. The Hall–Kier alpha value is -5.22. The number of carbonyl (C=O) groups is 5. The first kappa shape index (κ1) is 47.9. The van der Waals surface area contributed by atoms with Crippen LogP contribution < -0.4 is 26.6 Å². The van der Waals surface area contributed by atoms with Crippen LogP contribution in [0.25, 0.3) is 0 Å². The van der Waals surface area contributed by atoms with E-state index in [1.807, 2.05) is 55.5 Å². The lowest BCUT2D eigenvalue weighted by molar-refractivity contribution is -0.146. The third kappa shape index (κ3) is 24.1. The van der Waals surface area contributed by atoms with Crippen molar-refractivity contribution in [2.24, 2.45) is 4.99 Å². The molecule has 2 rings (SSSR count). The fourth-order valence-corrected chi connectivity index (χ4v) is 5.61. The fraction of sp³-hybridized carbons (Fsp3) is 0.561. The summed E-state index contributed by atoms with van der Waals surface area (Å²) in [6.07, 6.45) is 2.54. The highest BCUT2D eigenvalue weighted by molar-refractivity contribution is 6.03. The second kappa shape index (κ2) is 27.4. The molecule has 7 N–H and O–H groups in total. The van der Waals surface area contributed by atoms with E-state index < -0.39 is 41.8 Å². The van der Waals surface area contributed by atoms with Gasteiger partial charge in [0.15, 0.2) is 0 Å². The van der Waals surface area contributed by atoms with Crippen molar-refractivity contribution in [3.8, 4) is 0 Å². The Labute approximate surface area is 336 Å². The highest BCUT2D eigenvalue weighted by atomic mass is 16.6. The molecule has 0 fully saturated rings. The Kier molecular flexibility index (Phi) is 23.0. The molecule has 2 aromatic rings. The van der Waals surface area contributed by atoms with E-state index in [1.54, 1.807) is 20.8 Å². The van der Waals surface area contributed by atoms with E-state index in [-0.39, 0.29) is 18.6 Å². The number of carbonyl (C=O) groups excluding carboxylic acids is 3. The number of guanidine groups is 1. The number of nitrogens with one attached hydrogen (secondary N) is 5. The standard InChI is InChI=1S/C41H63N7O9/c1-31(45-38(51)52)23-28-48(29-32-19-11-9-12-20-32)27-18-17-25-43-36(50)34(56-30-33-21-13-10-14-22-33)35(49)42-24-15-7-5-6-8-16-26-44-37(46-39(53)54)47-40(55)57-41(2,3)4/h9-14,19-22,31,34,45H,5-8,15-18,23-30H2,1-4H3,(H,42,49)(H,43,50)(H,51,52)(H,53,54)(H2,44,46,47,55). The topological polar surface area (TPSA) is 220 Å². The molecule has 0 aliphatic carbocycles. The first-order valence-corrected chi connectivity index (χ1v) is 19.7. The van der Waals surface area contributed by atoms with Gasteiger partial charge in [0.05, 0.1) is 6.61 Å². The first-order chi connectivity index (χ1) is 27.2. The van der Waals surface area contributed by atoms with Crippen molar-refractivity contribution in [2.45, 2.75) is 116 Å². The molecule has 0 spiro atoms. The summed E-state index contributed by atoms with van der Waals surface area (Å²) in [4.78, 5) is 66.9. The van der Waals surface area contributed by atoms with Crippen molar-refractivity contribution in [3.05, 3.63) is 71.8 Å². The summed E-state index contributed by atoms with van der Waals surface area (Å²) >= 11 is 0. The first-order valence-electron chi connectivity index (χ1n) is 19.7. The van der Waals surface area contributed by atoms with Crippen LogP contribution in [-0.4, -0.2) is 102 Å². The van der Waals surface area contributed by atoms with Crippen LogP contribution in [0, 0.1) is 0 Å². The van der Waals surface area contributed by atoms with E-state index in [0.29, 0.717) is 51.9 Å². The van der Waals surface area contributed by atoms with Gasteiger partial charge in [-0.05, 0) is 77.5 Å². The van der Waals surface area contributed by atoms with E-state index in [9.17, 15) is 24.0 Å². The Morgan fingerprint density at radius 3 is 1.86 bits per heavy atom. The maximum atomic E-state index is 13.2. The normalized spacial score (nSPS) is 12.6. The van der Waals surface area contributed by atoms with Gasteiger partial charge in [0, 0.05) is 38.8 Å². The summed E-state index contributed by atoms with van der Waals surface area (Å²) in [7, 11) is 0. The predicted molar refractivity (Wildman–Crippen MR) is 218 cm³/mol. The smallest absolute Gasteiger partial charge is 0.414 e. The van der Waals surface area contributed by atoms with E-state index >= 15 is 0 Å². The lowest BCUT2D eigenvalue weighted by atomic mass is 10.1. The maximum Gasteiger partial charge on any atom is 0.414 e.